The highest BCUT2D eigenvalue weighted by molar-refractivity contribution is 6.02. The highest BCUT2D eigenvalue weighted by Gasteiger charge is 2.18. The van der Waals surface area contributed by atoms with Gasteiger partial charge < -0.3 is 29.4 Å². The molecule has 0 aromatic heterocycles. The fourth-order valence-corrected chi connectivity index (χ4v) is 3.74. The molecule has 8 nitrogen and oxygen atoms in total. The zero-order chi connectivity index (χ0) is 27.5. The first-order valence-corrected chi connectivity index (χ1v) is 11.8. The van der Waals surface area contributed by atoms with Crippen molar-refractivity contribution in [3.8, 4) is 23.0 Å². The minimum Gasteiger partial charge on any atom is -0.504 e. The molecule has 4 N–H and O–H groups in total. The zero-order valence-corrected chi connectivity index (χ0v) is 21.6. The maximum absolute atomic E-state index is 13.0. The van der Waals surface area contributed by atoms with Crippen LogP contribution in [-0.4, -0.2) is 48.9 Å². The van der Waals surface area contributed by atoms with Crippen LogP contribution in [0.2, 0.25) is 0 Å². The molecule has 3 rings (SSSR count). The van der Waals surface area contributed by atoms with Crippen LogP contribution < -0.4 is 20.1 Å². The van der Waals surface area contributed by atoms with E-state index in [9.17, 15) is 15.0 Å². The number of hydrazine groups is 1. The number of aliphatic hydroxyl groups excluding tert-OH is 1. The summed E-state index contributed by atoms with van der Waals surface area (Å²) in [4.78, 5) is 13.0. The van der Waals surface area contributed by atoms with E-state index < -0.39 is 6.04 Å². The van der Waals surface area contributed by atoms with E-state index >= 15 is 0 Å². The Hall–Kier alpha value is -4.53. The topological polar surface area (TPSA) is 114 Å². The van der Waals surface area contributed by atoms with E-state index in [-0.39, 0.29) is 18.1 Å². The Morgan fingerprint density at radius 1 is 0.868 bits per heavy atom. The smallest absolute Gasteiger partial charge is 0.180 e. The first-order chi connectivity index (χ1) is 18.4. The quantitative estimate of drug-likeness (QED) is 0.139. The van der Waals surface area contributed by atoms with Gasteiger partial charge in [-0.3, -0.25) is 4.79 Å². The molecular weight excluding hydrogens is 484 g/mol. The summed E-state index contributed by atoms with van der Waals surface area (Å²) in [5.41, 5.74) is 2.55. The van der Waals surface area contributed by atoms with Gasteiger partial charge in [0.05, 0.1) is 39.7 Å². The van der Waals surface area contributed by atoms with Crippen molar-refractivity contribution in [2.24, 2.45) is 5.84 Å². The monoisotopic (exact) mass is 516 g/mol. The van der Waals surface area contributed by atoms with E-state index in [0.717, 1.165) is 11.1 Å². The van der Waals surface area contributed by atoms with Crippen LogP contribution >= 0.6 is 0 Å². The van der Waals surface area contributed by atoms with Crippen LogP contribution in [0.4, 0.5) is 0 Å². The molecule has 0 saturated carbocycles. The van der Waals surface area contributed by atoms with Gasteiger partial charge in [0.25, 0.3) is 0 Å². The molecule has 0 aliphatic heterocycles. The largest absolute Gasteiger partial charge is 0.504 e. The third kappa shape index (κ3) is 7.25. The van der Waals surface area contributed by atoms with Gasteiger partial charge in [-0.25, -0.2) is 5.84 Å². The summed E-state index contributed by atoms with van der Waals surface area (Å²) in [6.45, 7) is -0.273. The summed E-state index contributed by atoms with van der Waals surface area (Å²) in [5, 5.41) is 21.6. The first-order valence-electron chi connectivity index (χ1n) is 11.8. The van der Waals surface area contributed by atoms with Crippen LogP contribution in [0.3, 0.4) is 0 Å². The number of carbonyl (C=O) groups is 1. The van der Waals surface area contributed by atoms with E-state index in [4.69, 9.17) is 20.1 Å². The molecule has 8 heteroatoms. The maximum Gasteiger partial charge on any atom is 0.180 e. The number of aromatic hydroxyl groups is 1. The molecular formula is C30H32N2O6. The fraction of sp³-hybridized carbons (Fsp3) is 0.167. The first kappa shape index (κ1) is 28.0. The maximum atomic E-state index is 13.0. The average molecular weight is 517 g/mol. The van der Waals surface area contributed by atoms with E-state index in [0.29, 0.717) is 28.5 Å². The predicted molar refractivity (Wildman–Crippen MR) is 148 cm³/mol. The number of ketones is 1. The number of phenolic OH excluding ortho intramolecular Hbond substituents is 1. The number of ether oxygens (including phenoxy) is 3. The SMILES string of the molecule is COc1ccc(/C=C/C(=C/C(=O)/C=C/c2ccc(OC)c(OC)c2)N(N)[C@H](CO)c2ccccc2)cc1O. The van der Waals surface area contributed by atoms with Crippen molar-refractivity contribution in [2.45, 2.75) is 6.04 Å². The minimum atomic E-state index is -0.598. The standard InChI is InChI=1S/C30H32N2O6/c1-36-28-15-11-21(17-27(28)35)9-13-24(32(31)26(20-33)23-7-5-4-6-8-23)19-25(34)14-10-22-12-16-29(37-2)30(18-22)38-3/h4-19,26,33,35H,20,31H2,1-3H3/b13-9+,14-10+,24-19-/t26-/m1/s1. The fourth-order valence-electron chi connectivity index (χ4n) is 3.74. The van der Waals surface area contributed by atoms with Gasteiger partial charge in [-0.2, -0.15) is 0 Å². The molecule has 0 bridgehead atoms. The van der Waals surface area contributed by atoms with E-state index in [1.807, 2.05) is 30.3 Å². The van der Waals surface area contributed by atoms with Crippen LogP contribution in [0, 0.1) is 0 Å². The van der Waals surface area contributed by atoms with Crippen molar-refractivity contribution in [1.29, 1.82) is 0 Å². The van der Waals surface area contributed by atoms with Gasteiger partial charge in [0, 0.05) is 6.08 Å². The number of allylic oxidation sites excluding steroid dienone is 3. The summed E-state index contributed by atoms with van der Waals surface area (Å²) in [6, 6.07) is 18.9. The third-order valence-electron chi connectivity index (χ3n) is 5.78. The lowest BCUT2D eigenvalue weighted by molar-refractivity contribution is -0.110. The second-order valence-corrected chi connectivity index (χ2v) is 8.20. The summed E-state index contributed by atoms with van der Waals surface area (Å²) in [7, 11) is 4.57. The number of methoxy groups -OCH3 is 3. The molecule has 0 saturated heterocycles. The lowest BCUT2D eigenvalue weighted by atomic mass is 10.1. The molecule has 0 aliphatic carbocycles. The van der Waals surface area contributed by atoms with Gasteiger partial charge in [0.2, 0.25) is 0 Å². The highest BCUT2D eigenvalue weighted by Crippen LogP contribution is 2.29. The summed E-state index contributed by atoms with van der Waals surface area (Å²) in [5.74, 6) is 7.59. The Bertz CT molecular complexity index is 1320. The number of hydrogen-bond donors (Lipinski definition) is 3. The molecule has 0 aliphatic rings. The molecule has 0 unspecified atom stereocenters. The van der Waals surface area contributed by atoms with Gasteiger partial charge in [0.15, 0.2) is 28.8 Å². The summed E-state index contributed by atoms with van der Waals surface area (Å²) >= 11 is 0. The highest BCUT2D eigenvalue weighted by atomic mass is 16.5. The van der Waals surface area contributed by atoms with Crippen molar-refractivity contribution in [3.63, 3.8) is 0 Å². The molecule has 0 fully saturated rings. The Labute approximate surface area is 222 Å². The van der Waals surface area contributed by atoms with Crippen LogP contribution in [0.5, 0.6) is 23.0 Å². The van der Waals surface area contributed by atoms with Crippen molar-refractivity contribution < 1.29 is 29.2 Å². The lowest BCUT2D eigenvalue weighted by Gasteiger charge is -2.29. The van der Waals surface area contributed by atoms with Crippen molar-refractivity contribution in [3.05, 3.63) is 107 Å². The number of nitrogens with two attached hydrogens (primary N) is 1. The predicted octanol–water partition coefficient (Wildman–Crippen LogP) is 4.51. The molecule has 0 heterocycles. The Kier molecular flexibility index (Phi) is 10.1. The number of hydrogen-bond acceptors (Lipinski definition) is 8. The van der Waals surface area contributed by atoms with Crippen molar-refractivity contribution >= 4 is 17.9 Å². The number of rotatable bonds is 12. The number of nitrogens with zero attached hydrogens (tertiary/aromatic N) is 1. The van der Waals surface area contributed by atoms with Crippen molar-refractivity contribution in [1.82, 2.24) is 5.01 Å². The van der Waals surface area contributed by atoms with E-state index in [2.05, 4.69) is 0 Å². The molecule has 0 spiro atoms. The zero-order valence-electron chi connectivity index (χ0n) is 21.6. The molecule has 0 radical (unpaired) electrons. The van der Waals surface area contributed by atoms with Gasteiger partial charge in [-0.15, -0.1) is 0 Å². The molecule has 198 valence electrons. The number of carbonyl (C=O) groups excluding carboxylic acids is 1. The Morgan fingerprint density at radius 2 is 1.47 bits per heavy atom. The molecule has 38 heavy (non-hydrogen) atoms. The number of aliphatic hydroxyl groups is 1. The normalized spacial score (nSPS) is 12.5. The lowest BCUT2D eigenvalue weighted by Crippen LogP contribution is -2.36. The summed E-state index contributed by atoms with van der Waals surface area (Å²) < 4.78 is 15.7. The van der Waals surface area contributed by atoms with Gasteiger partial charge in [0.1, 0.15) is 0 Å². The van der Waals surface area contributed by atoms with Crippen LogP contribution in [-0.2, 0) is 4.79 Å². The number of benzene rings is 3. The molecule has 0 amide bonds. The van der Waals surface area contributed by atoms with Crippen LogP contribution in [0.25, 0.3) is 12.2 Å². The van der Waals surface area contributed by atoms with Gasteiger partial charge >= 0.3 is 0 Å². The second-order valence-electron chi connectivity index (χ2n) is 8.20. The average Bonchev–Trinajstić information content (AvgIpc) is 2.94. The molecule has 3 aromatic rings. The second kappa shape index (κ2) is 13.7. The third-order valence-corrected chi connectivity index (χ3v) is 5.78. The van der Waals surface area contributed by atoms with Crippen LogP contribution in [0.15, 0.2) is 90.7 Å². The van der Waals surface area contributed by atoms with Gasteiger partial charge in [-0.05, 0) is 53.1 Å². The van der Waals surface area contributed by atoms with Gasteiger partial charge in [-0.1, -0.05) is 54.6 Å². The van der Waals surface area contributed by atoms with Crippen LogP contribution in [0.1, 0.15) is 22.7 Å². The Balaban J connectivity index is 1.93. The Morgan fingerprint density at radius 3 is 2.08 bits per heavy atom. The number of phenols is 1. The minimum absolute atomic E-state index is 0.0174. The van der Waals surface area contributed by atoms with E-state index in [1.165, 1.54) is 30.3 Å². The molecule has 1 atom stereocenters. The molecule has 3 aromatic carbocycles. The van der Waals surface area contributed by atoms with E-state index in [1.54, 1.807) is 62.8 Å². The van der Waals surface area contributed by atoms with Crippen molar-refractivity contribution in [2.75, 3.05) is 27.9 Å². The summed E-state index contributed by atoms with van der Waals surface area (Å²) in [6.07, 6.45) is 7.80.